The molecule has 1 aromatic carbocycles. The molecule has 0 atom stereocenters. The van der Waals surface area contributed by atoms with Gasteiger partial charge < -0.3 is 4.74 Å². The second-order valence-corrected chi connectivity index (χ2v) is 5.24. The van der Waals surface area contributed by atoms with Crippen LogP contribution in [0.1, 0.15) is 16.2 Å². The first-order chi connectivity index (χ1) is 11.1. The van der Waals surface area contributed by atoms with E-state index in [1.165, 1.54) is 6.33 Å². The molecule has 0 amide bonds. The maximum absolute atomic E-state index is 12.1. The highest BCUT2D eigenvalue weighted by Gasteiger charge is 2.15. The first-order valence-electron chi connectivity index (χ1n) is 6.96. The Kier molecular flexibility index (Phi) is 4.38. The van der Waals surface area contributed by atoms with Crippen LogP contribution < -0.4 is 0 Å². The third kappa shape index (κ3) is 3.40. The van der Waals surface area contributed by atoms with Gasteiger partial charge >= 0.3 is 5.97 Å². The molecule has 3 aromatic rings. The van der Waals surface area contributed by atoms with E-state index in [9.17, 15) is 4.79 Å². The number of aromatic nitrogens is 5. The van der Waals surface area contributed by atoms with Gasteiger partial charge in [0.2, 0.25) is 0 Å². The van der Waals surface area contributed by atoms with Crippen LogP contribution in [0, 0.1) is 6.92 Å². The fourth-order valence-corrected chi connectivity index (χ4v) is 2.31. The molecule has 0 bridgehead atoms. The monoisotopic (exact) mass is 331 g/mol. The molecule has 0 fully saturated rings. The maximum atomic E-state index is 12.1. The summed E-state index contributed by atoms with van der Waals surface area (Å²) >= 11 is 6.17. The van der Waals surface area contributed by atoms with Gasteiger partial charge in [-0.05, 0) is 25.1 Å². The van der Waals surface area contributed by atoms with Gasteiger partial charge in [-0.15, -0.1) is 0 Å². The maximum Gasteiger partial charge on any atom is 0.358 e. The summed E-state index contributed by atoms with van der Waals surface area (Å²) in [5, 5.41) is 8.77. The lowest BCUT2D eigenvalue weighted by Gasteiger charge is -2.06. The van der Waals surface area contributed by atoms with Crippen molar-refractivity contribution in [3.8, 4) is 5.69 Å². The van der Waals surface area contributed by atoms with Crippen molar-refractivity contribution >= 4 is 17.6 Å². The largest absolute Gasteiger partial charge is 0.459 e. The number of nitrogens with zero attached hydrogens (tertiary/aromatic N) is 5. The minimum absolute atomic E-state index is 0.195. The molecule has 2 heterocycles. The summed E-state index contributed by atoms with van der Waals surface area (Å²) in [7, 11) is 0. The molecule has 0 radical (unpaired) electrons. The highest BCUT2D eigenvalue weighted by atomic mass is 35.5. The zero-order chi connectivity index (χ0) is 16.2. The van der Waals surface area contributed by atoms with Crippen LogP contribution in [-0.4, -0.2) is 37.1 Å². The van der Waals surface area contributed by atoms with Crippen LogP contribution in [0.15, 0.2) is 43.0 Å². The molecule has 0 spiro atoms. The number of esters is 1. The Hall–Kier alpha value is -2.67. The minimum Gasteiger partial charge on any atom is -0.459 e. The predicted octanol–water partition coefficient (Wildman–Crippen LogP) is 2.28. The van der Waals surface area contributed by atoms with Crippen molar-refractivity contribution < 1.29 is 9.53 Å². The quantitative estimate of drug-likeness (QED) is 0.670. The average molecular weight is 332 g/mol. The molecule has 3 rings (SSSR count). The Bertz CT molecular complexity index is 813. The van der Waals surface area contributed by atoms with E-state index < -0.39 is 5.97 Å². The number of rotatable bonds is 5. The molecule has 0 N–H and O–H groups in total. The van der Waals surface area contributed by atoms with Crippen molar-refractivity contribution in [3.63, 3.8) is 0 Å². The van der Waals surface area contributed by atoms with Gasteiger partial charge in [0.1, 0.15) is 19.3 Å². The molecule has 0 unspecified atom stereocenters. The summed E-state index contributed by atoms with van der Waals surface area (Å²) < 4.78 is 8.41. The van der Waals surface area contributed by atoms with Crippen LogP contribution in [0.3, 0.4) is 0 Å². The zero-order valence-corrected chi connectivity index (χ0v) is 13.1. The topological polar surface area (TPSA) is 74.8 Å². The van der Waals surface area contributed by atoms with Crippen molar-refractivity contribution in [2.75, 3.05) is 6.61 Å². The summed E-state index contributed by atoms with van der Waals surface area (Å²) in [5.74, 6) is -0.487. The van der Waals surface area contributed by atoms with Crippen molar-refractivity contribution in [2.45, 2.75) is 13.5 Å². The van der Waals surface area contributed by atoms with Crippen LogP contribution in [0.2, 0.25) is 5.02 Å². The summed E-state index contributed by atoms with van der Waals surface area (Å²) in [4.78, 5) is 15.9. The number of hydrogen-bond donors (Lipinski definition) is 0. The summed E-state index contributed by atoms with van der Waals surface area (Å²) in [6.45, 7) is 2.48. The number of aryl methyl sites for hydroxylation is 1. The number of benzene rings is 1. The number of ether oxygens (including phenoxy) is 1. The van der Waals surface area contributed by atoms with Gasteiger partial charge in [0.25, 0.3) is 0 Å². The van der Waals surface area contributed by atoms with Gasteiger partial charge in [0, 0.05) is 5.69 Å². The number of hydrogen-bond acceptors (Lipinski definition) is 5. The van der Waals surface area contributed by atoms with Crippen molar-refractivity contribution in [2.24, 2.45) is 0 Å². The van der Waals surface area contributed by atoms with Gasteiger partial charge in [-0.2, -0.15) is 10.2 Å². The second kappa shape index (κ2) is 6.62. The normalized spacial score (nSPS) is 10.7. The van der Waals surface area contributed by atoms with Gasteiger partial charge in [-0.25, -0.2) is 19.1 Å². The van der Waals surface area contributed by atoms with Crippen LogP contribution in [-0.2, 0) is 11.3 Å². The molecule has 0 aliphatic heterocycles. The molecule has 0 aliphatic rings. The summed E-state index contributed by atoms with van der Waals surface area (Å²) in [5.41, 5.74) is 1.75. The molecule has 23 heavy (non-hydrogen) atoms. The Labute approximate surface area is 137 Å². The molecule has 118 valence electrons. The Morgan fingerprint density at radius 1 is 1.35 bits per heavy atom. The molecular formula is C15H14ClN5O2. The van der Waals surface area contributed by atoms with Crippen molar-refractivity contribution in [1.29, 1.82) is 0 Å². The Morgan fingerprint density at radius 3 is 2.91 bits per heavy atom. The van der Waals surface area contributed by atoms with E-state index in [2.05, 4.69) is 15.2 Å². The van der Waals surface area contributed by atoms with E-state index in [0.717, 1.165) is 5.69 Å². The van der Waals surface area contributed by atoms with E-state index >= 15 is 0 Å². The number of carbonyl (C=O) groups excluding carboxylic acids is 1. The lowest BCUT2D eigenvalue weighted by atomic mass is 10.3. The van der Waals surface area contributed by atoms with Gasteiger partial charge in [-0.1, -0.05) is 23.7 Å². The zero-order valence-electron chi connectivity index (χ0n) is 12.4. The third-order valence-corrected chi connectivity index (χ3v) is 3.52. The lowest BCUT2D eigenvalue weighted by Crippen LogP contribution is -2.12. The average Bonchev–Trinajstić information content (AvgIpc) is 3.17. The van der Waals surface area contributed by atoms with Gasteiger partial charge in [0.05, 0.1) is 17.3 Å². The third-order valence-electron chi connectivity index (χ3n) is 3.20. The van der Waals surface area contributed by atoms with E-state index in [-0.39, 0.29) is 12.3 Å². The van der Waals surface area contributed by atoms with Crippen LogP contribution in [0.25, 0.3) is 5.69 Å². The van der Waals surface area contributed by atoms with Crippen LogP contribution >= 0.6 is 11.6 Å². The van der Waals surface area contributed by atoms with E-state index in [1.807, 2.05) is 25.1 Å². The molecule has 2 aromatic heterocycles. The van der Waals surface area contributed by atoms with E-state index in [4.69, 9.17) is 16.3 Å². The minimum atomic E-state index is -0.487. The van der Waals surface area contributed by atoms with Crippen molar-refractivity contribution in [3.05, 3.63) is 59.4 Å². The SMILES string of the molecule is Cc1cc(C(=O)OCCn2cncn2)nn1-c1ccccc1Cl. The Morgan fingerprint density at radius 2 is 2.17 bits per heavy atom. The smallest absolute Gasteiger partial charge is 0.358 e. The molecule has 8 heteroatoms. The Balaban J connectivity index is 1.70. The standard InChI is InChI=1S/C15H14ClN5O2/c1-11-8-13(15(22)23-7-6-20-10-17-9-18-20)19-21(11)14-5-3-2-4-12(14)16/h2-5,8-10H,6-7H2,1H3. The highest BCUT2D eigenvalue weighted by molar-refractivity contribution is 6.32. The summed E-state index contributed by atoms with van der Waals surface area (Å²) in [6, 6.07) is 8.97. The molecule has 0 saturated heterocycles. The predicted molar refractivity (Wildman–Crippen MR) is 83.6 cm³/mol. The van der Waals surface area contributed by atoms with E-state index in [0.29, 0.717) is 17.3 Å². The molecular weight excluding hydrogens is 318 g/mol. The van der Waals surface area contributed by atoms with Crippen LogP contribution in [0.4, 0.5) is 0 Å². The summed E-state index contributed by atoms with van der Waals surface area (Å²) in [6.07, 6.45) is 2.99. The fourth-order valence-electron chi connectivity index (χ4n) is 2.10. The molecule has 0 saturated carbocycles. The van der Waals surface area contributed by atoms with E-state index in [1.54, 1.807) is 27.8 Å². The van der Waals surface area contributed by atoms with Crippen LogP contribution in [0.5, 0.6) is 0 Å². The second-order valence-electron chi connectivity index (χ2n) is 4.83. The first-order valence-corrected chi connectivity index (χ1v) is 7.34. The number of halogens is 1. The number of para-hydroxylation sites is 1. The van der Waals surface area contributed by atoms with Gasteiger partial charge in [-0.3, -0.25) is 0 Å². The fraction of sp³-hybridized carbons (Fsp3) is 0.200. The number of carbonyl (C=O) groups is 1. The first kappa shape index (κ1) is 15.2. The molecule has 0 aliphatic carbocycles. The molecule has 7 nitrogen and oxygen atoms in total. The lowest BCUT2D eigenvalue weighted by molar-refractivity contribution is 0.0480. The van der Waals surface area contributed by atoms with Gasteiger partial charge in [0.15, 0.2) is 5.69 Å². The van der Waals surface area contributed by atoms with Crippen molar-refractivity contribution in [1.82, 2.24) is 24.5 Å². The highest BCUT2D eigenvalue weighted by Crippen LogP contribution is 2.21.